The van der Waals surface area contributed by atoms with Crippen LogP contribution in [0.5, 0.6) is 0 Å². The quantitative estimate of drug-likeness (QED) is 0.169. The van der Waals surface area contributed by atoms with Gasteiger partial charge in [-0.05, 0) is 19.4 Å². The third-order valence-electron chi connectivity index (χ3n) is 5.55. The number of aliphatic hydroxyl groups is 2. The third kappa shape index (κ3) is 25.9. The van der Waals surface area contributed by atoms with E-state index in [1.807, 2.05) is 0 Å². The molecule has 0 aliphatic heterocycles. The molecule has 0 spiro atoms. The highest BCUT2D eigenvalue weighted by atomic mass is 16.3. The summed E-state index contributed by atoms with van der Waals surface area (Å²) in [5.74, 6) is 0. The second kappa shape index (κ2) is 25.9. The molecule has 0 aliphatic carbocycles. The van der Waals surface area contributed by atoms with Gasteiger partial charge >= 0.3 is 0 Å². The van der Waals surface area contributed by atoms with Crippen LogP contribution < -0.4 is 5.32 Å². The Morgan fingerprint density at radius 1 is 0.296 bits per heavy atom. The van der Waals surface area contributed by atoms with Crippen molar-refractivity contribution in [2.45, 2.75) is 128 Å². The number of nitrogens with one attached hydrogen (secondary N) is 1. The summed E-state index contributed by atoms with van der Waals surface area (Å²) < 4.78 is 0. The molecular formula is C24H51NO2. The molecule has 0 atom stereocenters. The van der Waals surface area contributed by atoms with Gasteiger partial charge in [0.05, 0.1) is 6.61 Å². The Hall–Kier alpha value is -0.120. The standard InChI is InChI=1S/C24H51NO2/c26-23-20-18-16-14-12-10-8-6-4-2-1-3-5-7-9-11-13-15-17-19-21-25-22-24-27/h25-27H,1-24H2. The summed E-state index contributed by atoms with van der Waals surface area (Å²) in [6.45, 7) is 2.43. The predicted octanol–water partition coefficient (Wildman–Crippen LogP) is 6.36. The molecule has 0 fully saturated rings. The van der Waals surface area contributed by atoms with Gasteiger partial charge in [-0.1, -0.05) is 116 Å². The Balaban J connectivity index is 2.95. The minimum atomic E-state index is 0.257. The normalized spacial score (nSPS) is 11.3. The number of unbranched alkanes of at least 4 members (excludes halogenated alkanes) is 19. The molecule has 3 nitrogen and oxygen atoms in total. The fourth-order valence-corrected chi connectivity index (χ4v) is 3.75. The molecule has 0 bridgehead atoms. The summed E-state index contributed by atoms with van der Waals surface area (Å²) in [5, 5.41) is 20.6. The topological polar surface area (TPSA) is 52.5 Å². The van der Waals surface area contributed by atoms with Crippen molar-refractivity contribution in [1.29, 1.82) is 0 Å². The molecule has 27 heavy (non-hydrogen) atoms. The van der Waals surface area contributed by atoms with Gasteiger partial charge < -0.3 is 15.5 Å². The van der Waals surface area contributed by atoms with Crippen LogP contribution in [-0.4, -0.2) is 36.5 Å². The largest absolute Gasteiger partial charge is 0.396 e. The summed E-state index contributed by atoms with van der Waals surface area (Å²) >= 11 is 0. The SMILES string of the molecule is OCCCCCCCCCCCCCCCCCCCCCCNCCO. The Labute approximate surface area is 170 Å². The van der Waals surface area contributed by atoms with Crippen LogP contribution >= 0.6 is 0 Å². The van der Waals surface area contributed by atoms with Crippen molar-refractivity contribution in [1.82, 2.24) is 5.32 Å². The molecule has 3 N–H and O–H groups in total. The molecule has 0 aromatic heterocycles. The zero-order valence-corrected chi connectivity index (χ0v) is 18.4. The van der Waals surface area contributed by atoms with Gasteiger partial charge in [-0.2, -0.15) is 0 Å². The lowest BCUT2D eigenvalue weighted by Crippen LogP contribution is -2.19. The average Bonchev–Trinajstić information content (AvgIpc) is 2.68. The first-order valence-electron chi connectivity index (χ1n) is 12.3. The van der Waals surface area contributed by atoms with Gasteiger partial charge in [0.1, 0.15) is 0 Å². The van der Waals surface area contributed by atoms with Crippen molar-refractivity contribution < 1.29 is 10.2 Å². The maximum absolute atomic E-state index is 8.73. The zero-order valence-electron chi connectivity index (χ0n) is 18.4. The Morgan fingerprint density at radius 2 is 0.593 bits per heavy atom. The van der Waals surface area contributed by atoms with Crippen LogP contribution in [0.4, 0.5) is 0 Å². The molecule has 0 aromatic rings. The first kappa shape index (κ1) is 26.9. The smallest absolute Gasteiger partial charge is 0.0555 e. The highest BCUT2D eigenvalue weighted by Gasteiger charge is 1.95. The van der Waals surface area contributed by atoms with Gasteiger partial charge in [-0.15, -0.1) is 0 Å². The van der Waals surface area contributed by atoms with E-state index in [4.69, 9.17) is 10.2 Å². The van der Waals surface area contributed by atoms with Crippen LogP contribution in [0.2, 0.25) is 0 Å². The van der Waals surface area contributed by atoms with E-state index in [0.717, 1.165) is 19.5 Å². The van der Waals surface area contributed by atoms with E-state index in [1.54, 1.807) is 0 Å². The van der Waals surface area contributed by atoms with Crippen molar-refractivity contribution in [2.24, 2.45) is 0 Å². The zero-order chi connectivity index (χ0) is 19.7. The molecule has 0 aliphatic rings. The summed E-state index contributed by atoms with van der Waals surface area (Å²) in [7, 11) is 0. The molecule has 0 radical (unpaired) electrons. The first-order valence-corrected chi connectivity index (χ1v) is 12.3. The fraction of sp³-hybridized carbons (Fsp3) is 1.00. The lowest BCUT2D eigenvalue weighted by molar-refractivity contribution is 0.282. The first-order chi connectivity index (χ1) is 13.4. The average molecular weight is 386 g/mol. The van der Waals surface area contributed by atoms with E-state index >= 15 is 0 Å². The maximum atomic E-state index is 8.73. The van der Waals surface area contributed by atoms with Gasteiger partial charge in [0, 0.05) is 13.2 Å². The number of hydrogen-bond donors (Lipinski definition) is 3. The second-order valence-corrected chi connectivity index (χ2v) is 8.27. The van der Waals surface area contributed by atoms with Crippen molar-refractivity contribution in [3.63, 3.8) is 0 Å². The molecule has 0 saturated carbocycles. The molecular weight excluding hydrogens is 334 g/mol. The lowest BCUT2D eigenvalue weighted by Gasteiger charge is -2.04. The van der Waals surface area contributed by atoms with Crippen LogP contribution in [0.3, 0.4) is 0 Å². The summed E-state index contributed by atoms with van der Waals surface area (Å²) in [4.78, 5) is 0. The predicted molar refractivity (Wildman–Crippen MR) is 119 cm³/mol. The van der Waals surface area contributed by atoms with Crippen LogP contribution in [0.1, 0.15) is 128 Å². The van der Waals surface area contributed by atoms with Crippen molar-refractivity contribution in [3.8, 4) is 0 Å². The Bertz CT molecular complexity index is 225. The molecule has 0 rings (SSSR count). The van der Waals surface area contributed by atoms with Crippen LogP contribution in [-0.2, 0) is 0 Å². The van der Waals surface area contributed by atoms with Gasteiger partial charge in [0.15, 0.2) is 0 Å². The minimum Gasteiger partial charge on any atom is -0.396 e. The highest BCUT2D eigenvalue weighted by molar-refractivity contribution is 4.52. The lowest BCUT2D eigenvalue weighted by atomic mass is 10.0. The van der Waals surface area contributed by atoms with E-state index in [1.165, 1.54) is 122 Å². The van der Waals surface area contributed by atoms with Crippen molar-refractivity contribution >= 4 is 0 Å². The second-order valence-electron chi connectivity index (χ2n) is 8.27. The minimum absolute atomic E-state index is 0.257. The number of hydrogen-bond acceptors (Lipinski definition) is 3. The third-order valence-corrected chi connectivity index (χ3v) is 5.55. The van der Waals surface area contributed by atoms with Gasteiger partial charge in [0.25, 0.3) is 0 Å². The molecule has 0 aromatic carbocycles. The van der Waals surface area contributed by atoms with E-state index in [9.17, 15) is 0 Å². The fourth-order valence-electron chi connectivity index (χ4n) is 3.75. The van der Waals surface area contributed by atoms with E-state index in [0.29, 0.717) is 6.61 Å². The van der Waals surface area contributed by atoms with E-state index in [-0.39, 0.29) is 6.61 Å². The van der Waals surface area contributed by atoms with Crippen LogP contribution in [0.15, 0.2) is 0 Å². The summed E-state index contributed by atoms with van der Waals surface area (Å²) in [6.07, 6.45) is 27.4. The van der Waals surface area contributed by atoms with Crippen molar-refractivity contribution in [2.75, 3.05) is 26.3 Å². The highest BCUT2D eigenvalue weighted by Crippen LogP contribution is 2.14. The monoisotopic (exact) mass is 385 g/mol. The molecule has 0 unspecified atom stereocenters. The Kier molecular flexibility index (Phi) is 25.8. The van der Waals surface area contributed by atoms with Gasteiger partial charge in [-0.3, -0.25) is 0 Å². The van der Waals surface area contributed by atoms with Crippen molar-refractivity contribution in [3.05, 3.63) is 0 Å². The van der Waals surface area contributed by atoms with E-state index in [2.05, 4.69) is 5.32 Å². The number of aliphatic hydroxyl groups excluding tert-OH is 2. The van der Waals surface area contributed by atoms with Gasteiger partial charge in [0.2, 0.25) is 0 Å². The molecule has 164 valence electrons. The molecule has 3 heteroatoms. The van der Waals surface area contributed by atoms with Gasteiger partial charge in [-0.25, -0.2) is 0 Å². The number of rotatable bonds is 24. The molecule has 0 saturated heterocycles. The van der Waals surface area contributed by atoms with Crippen LogP contribution in [0, 0.1) is 0 Å². The Morgan fingerprint density at radius 3 is 0.889 bits per heavy atom. The summed E-state index contributed by atoms with van der Waals surface area (Å²) in [6, 6.07) is 0. The van der Waals surface area contributed by atoms with E-state index < -0.39 is 0 Å². The van der Waals surface area contributed by atoms with Crippen LogP contribution in [0.25, 0.3) is 0 Å². The maximum Gasteiger partial charge on any atom is 0.0555 e. The molecule has 0 heterocycles. The molecule has 0 amide bonds. The summed E-state index contributed by atoms with van der Waals surface area (Å²) in [5.41, 5.74) is 0.